The van der Waals surface area contributed by atoms with Crippen molar-refractivity contribution in [1.29, 1.82) is 0 Å². The molecule has 1 fully saturated rings. The Hall–Kier alpha value is -1.54. The van der Waals surface area contributed by atoms with E-state index in [2.05, 4.69) is 4.72 Å². The van der Waals surface area contributed by atoms with Crippen LogP contribution in [0, 0.1) is 17.0 Å². The zero-order valence-electron chi connectivity index (χ0n) is 11.1. The predicted molar refractivity (Wildman–Crippen MR) is 70.1 cm³/mol. The number of rotatable bonds is 6. The predicted octanol–water partition coefficient (Wildman–Crippen LogP) is 1.89. The number of hydrogen-bond acceptors (Lipinski definition) is 3. The van der Waals surface area contributed by atoms with Gasteiger partial charge in [0.2, 0.25) is 10.0 Å². The smallest absolute Gasteiger partial charge is 0.303 e. The summed E-state index contributed by atoms with van der Waals surface area (Å²) in [4.78, 5) is 10.3. The molecule has 0 radical (unpaired) electrons. The van der Waals surface area contributed by atoms with Crippen molar-refractivity contribution in [3.05, 3.63) is 29.8 Å². The molecule has 5 nitrogen and oxygen atoms in total. The van der Waals surface area contributed by atoms with Gasteiger partial charge in [0.15, 0.2) is 0 Å². The maximum Gasteiger partial charge on any atom is 0.303 e. The number of sulfonamides is 1. The van der Waals surface area contributed by atoms with Crippen molar-refractivity contribution in [2.45, 2.75) is 30.6 Å². The summed E-state index contributed by atoms with van der Waals surface area (Å²) in [5.74, 6) is -2.97. The van der Waals surface area contributed by atoms with Crippen molar-refractivity contribution in [3.8, 4) is 0 Å². The van der Waals surface area contributed by atoms with E-state index in [1.54, 1.807) is 0 Å². The monoisotopic (exact) mass is 319 g/mol. The normalized spacial score (nSPS) is 17.2. The van der Waals surface area contributed by atoms with Gasteiger partial charge in [0.25, 0.3) is 0 Å². The summed E-state index contributed by atoms with van der Waals surface area (Å²) in [5, 5.41) is 8.86. The van der Waals surface area contributed by atoms with Crippen LogP contribution >= 0.6 is 0 Å². The highest BCUT2D eigenvalue weighted by Crippen LogP contribution is 2.43. The number of halogens is 2. The SMILES string of the molecule is O=C(O)CC1(CNS(=O)(=O)c2cc(F)cc(F)c2)CCC1. The third-order valence-corrected chi connectivity index (χ3v) is 5.10. The summed E-state index contributed by atoms with van der Waals surface area (Å²) in [7, 11) is -4.07. The summed E-state index contributed by atoms with van der Waals surface area (Å²) in [6, 6.07) is 2.02. The zero-order valence-corrected chi connectivity index (χ0v) is 11.9. The van der Waals surface area contributed by atoms with Crippen LogP contribution in [0.1, 0.15) is 25.7 Å². The molecule has 2 rings (SSSR count). The lowest BCUT2D eigenvalue weighted by molar-refractivity contribution is -0.141. The van der Waals surface area contributed by atoms with Gasteiger partial charge in [-0.3, -0.25) is 4.79 Å². The van der Waals surface area contributed by atoms with Crippen LogP contribution in [0.25, 0.3) is 0 Å². The first-order valence-electron chi connectivity index (χ1n) is 6.40. The van der Waals surface area contributed by atoms with Gasteiger partial charge in [-0.05, 0) is 30.4 Å². The fourth-order valence-corrected chi connectivity index (χ4v) is 3.63. The molecule has 1 saturated carbocycles. The van der Waals surface area contributed by atoms with E-state index in [1.807, 2.05) is 0 Å². The van der Waals surface area contributed by atoms with Crippen molar-refractivity contribution in [3.63, 3.8) is 0 Å². The molecule has 0 amide bonds. The molecule has 0 unspecified atom stereocenters. The summed E-state index contributed by atoms with van der Waals surface area (Å²) in [6.45, 7) is -0.0558. The van der Waals surface area contributed by atoms with E-state index in [0.717, 1.165) is 18.6 Å². The number of nitrogens with one attached hydrogen (secondary N) is 1. The van der Waals surface area contributed by atoms with Gasteiger partial charge in [-0.1, -0.05) is 6.42 Å². The molecule has 8 heteroatoms. The van der Waals surface area contributed by atoms with Gasteiger partial charge in [0.1, 0.15) is 11.6 Å². The lowest BCUT2D eigenvalue weighted by atomic mass is 9.67. The van der Waals surface area contributed by atoms with Crippen LogP contribution in [-0.4, -0.2) is 26.0 Å². The molecular weight excluding hydrogens is 304 g/mol. The molecular formula is C13H15F2NO4S. The molecule has 0 aromatic heterocycles. The molecule has 116 valence electrons. The summed E-state index contributed by atoms with van der Waals surface area (Å²) >= 11 is 0. The van der Waals surface area contributed by atoms with Crippen molar-refractivity contribution in [1.82, 2.24) is 4.72 Å². The number of carboxylic acid groups (broad SMARTS) is 1. The summed E-state index contributed by atoms with van der Waals surface area (Å²) < 4.78 is 52.4. The molecule has 0 atom stereocenters. The molecule has 0 bridgehead atoms. The fraction of sp³-hybridized carbons (Fsp3) is 0.462. The summed E-state index contributed by atoms with van der Waals surface area (Å²) in [5.41, 5.74) is -0.606. The number of hydrogen-bond donors (Lipinski definition) is 2. The Morgan fingerprint density at radius 3 is 2.24 bits per heavy atom. The second-order valence-corrected chi connectivity index (χ2v) is 7.12. The Bertz CT molecular complexity index is 636. The van der Waals surface area contributed by atoms with Crippen LogP contribution in [0.3, 0.4) is 0 Å². The minimum atomic E-state index is -4.07. The number of carboxylic acids is 1. The van der Waals surface area contributed by atoms with Gasteiger partial charge < -0.3 is 5.11 Å². The van der Waals surface area contributed by atoms with Gasteiger partial charge >= 0.3 is 5.97 Å². The highest BCUT2D eigenvalue weighted by Gasteiger charge is 2.39. The molecule has 0 heterocycles. The minimum Gasteiger partial charge on any atom is -0.481 e. The highest BCUT2D eigenvalue weighted by molar-refractivity contribution is 7.89. The third kappa shape index (κ3) is 3.76. The van der Waals surface area contributed by atoms with Gasteiger partial charge in [-0.2, -0.15) is 0 Å². The zero-order chi connectivity index (χ0) is 15.7. The first-order chi connectivity index (χ1) is 9.72. The first kappa shape index (κ1) is 15.8. The van der Waals surface area contributed by atoms with E-state index in [-0.39, 0.29) is 13.0 Å². The Labute approximate surface area is 121 Å². The Morgan fingerprint density at radius 2 is 1.81 bits per heavy atom. The molecule has 0 spiro atoms. The van der Waals surface area contributed by atoms with Crippen molar-refractivity contribution in [2.75, 3.05) is 6.54 Å². The average Bonchev–Trinajstić information content (AvgIpc) is 2.31. The standard InChI is InChI=1S/C13H15F2NO4S/c14-9-4-10(15)6-11(5-9)21(19,20)16-8-13(2-1-3-13)7-12(17)18/h4-6,16H,1-3,7-8H2,(H,17,18). The maximum atomic E-state index is 13.1. The number of carbonyl (C=O) groups is 1. The molecule has 1 aromatic rings. The van der Waals surface area contributed by atoms with Crippen LogP contribution in [-0.2, 0) is 14.8 Å². The van der Waals surface area contributed by atoms with Crippen LogP contribution in [0.2, 0.25) is 0 Å². The maximum absolute atomic E-state index is 13.1. The second-order valence-electron chi connectivity index (χ2n) is 5.35. The number of aliphatic carboxylic acids is 1. The van der Waals surface area contributed by atoms with Gasteiger partial charge in [0, 0.05) is 12.6 Å². The Balaban J connectivity index is 2.12. The van der Waals surface area contributed by atoms with E-state index >= 15 is 0 Å². The van der Waals surface area contributed by atoms with Gasteiger partial charge in [0.05, 0.1) is 11.3 Å². The third-order valence-electron chi connectivity index (χ3n) is 3.72. The topological polar surface area (TPSA) is 83.5 Å². The molecule has 2 N–H and O–H groups in total. The van der Waals surface area contributed by atoms with E-state index in [4.69, 9.17) is 5.11 Å². The van der Waals surface area contributed by atoms with E-state index < -0.39 is 37.9 Å². The largest absolute Gasteiger partial charge is 0.481 e. The van der Waals surface area contributed by atoms with Crippen molar-refractivity contribution in [2.24, 2.45) is 5.41 Å². The van der Waals surface area contributed by atoms with Crippen LogP contribution in [0.4, 0.5) is 8.78 Å². The van der Waals surface area contributed by atoms with E-state index in [1.165, 1.54) is 0 Å². The van der Waals surface area contributed by atoms with Crippen LogP contribution in [0.15, 0.2) is 23.1 Å². The molecule has 1 aliphatic carbocycles. The van der Waals surface area contributed by atoms with Crippen molar-refractivity contribution < 1.29 is 27.1 Å². The van der Waals surface area contributed by atoms with Crippen LogP contribution in [0.5, 0.6) is 0 Å². The van der Waals surface area contributed by atoms with Crippen LogP contribution < -0.4 is 4.72 Å². The minimum absolute atomic E-state index is 0.0558. The molecule has 1 aromatic carbocycles. The Kier molecular flexibility index (Phi) is 4.29. The Morgan fingerprint density at radius 1 is 1.24 bits per heavy atom. The second kappa shape index (κ2) is 5.69. The molecule has 21 heavy (non-hydrogen) atoms. The van der Waals surface area contributed by atoms with E-state index in [9.17, 15) is 22.0 Å². The molecule has 1 aliphatic rings. The summed E-state index contributed by atoms with van der Waals surface area (Å²) in [6.07, 6.45) is 1.93. The van der Waals surface area contributed by atoms with Gasteiger partial charge in [-0.25, -0.2) is 21.9 Å². The number of benzene rings is 1. The molecule has 0 saturated heterocycles. The molecule has 0 aliphatic heterocycles. The lowest BCUT2D eigenvalue weighted by Gasteiger charge is -2.40. The van der Waals surface area contributed by atoms with E-state index in [0.29, 0.717) is 18.9 Å². The fourth-order valence-electron chi connectivity index (χ4n) is 2.43. The highest BCUT2D eigenvalue weighted by atomic mass is 32.2. The van der Waals surface area contributed by atoms with Crippen molar-refractivity contribution >= 4 is 16.0 Å². The lowest BCUT2D eigenvalue weighted by Crippen LogP contribution is -2.43. The van der Waals surface area contributed by atoms with Gasteiger partial charge in [-0.15, -0.1) is 0 Å². The first-order valence-corrected chi connectivity index (χ1v) is 7.88. The average molecular weight is 319 g/mol. The quantitative estimate of drug-likeness (QED) is 0.839.